The van der Waals surface area contributed by atoms with E-state index >= 15 is 0 Å². The van der Waals surface area contributed by atoms with E-state index in [2.05, 4.69) is 0 Å². The van der Waals surface area contributed by atoms with Gasteiger partial charge in [0.15, 0.2) is 18.3 Å². The van der Waals surface area contributed by atoms with Crippen molar-refractivity contribution in [3.8, 4) is 17.2 Å². The van der Waals surface area contributed by atoms with Crippen molar-refractivity contribution in [1.82, 2.24) is 0 Å². The Morgan fingerprint density at radius 2 is 2.00 bits per heavy atom. The summed E-state index contributed by atoms with van der Waals surface area (Å²) in [5, 5.41) is 0. The first kappa shape index (κ1) is 17.4. The molecular weight excluding hydrogens is 344 g/mol. The number of methoxy groups -OCH3 is 2. The molecular formula is C18H18O6S. The third-order valence-electron chi connectivity index (χ3n) is 3.57. The second-order valence-corrected chi connectivity index (χ2v) is 6.15. The Kier molecular flexibility index (Phi) is 5.67. The first-order valence-electron chi connectivity index (χ1n) is 7.58. The van der Waals surface area contributed by atoms with E-state index in [9.17, 15) is 4.79 Å². The first-order valence-corrected chi connectivity index (χ1v) is 8.56. The molecule has 0 N–H and O–H groups in total. The first-order chi connectivity index (χ1) is 12.2. The standard InChI is InChI=1S/C18H18O6S/c1-20-10-22-14-8-15-17(24-11-23-15)13(16(14)18(19)21-2)9-25-12-6-4-3-5-7-12/h3-8H,9-11H2,1-2H3. The summed E-state index contributed by atoms with van der Waals surface area (Å²) >= 11 is 1.58. The summed E-state index contributed by atoms with van der Waals surface area (Å²) < 4.78 is 26.5. The third-order valence-corrected chi connectivity index (χ3v) is 4.61. The molecule has 0 aromatic heterocycles. The monoisotopic (exact) mass is 362 g/mol. The Morgan fingerprint density at radius 3 is 2.72 bits per heavy atom. The zero-order chi connectivity index (χ0) is 17.6. The molecule has 2 aromatic carbocycles. The van der Waals surface area contributed by atoms with Crippen molar-refractivity contribution in [2.75, 3.05) is 27.8 Å². The lowest BCUT2D eigenvalue weighted by molar-refractivity contribution is 0.0463. The number of fused-ring (bicyclic) bond motifs is 1. The molecule has 1 aliphatic rings. The summed E-state index contributed by atoms with van der Waals surface area (Å²) in [6.45, 7) is 0.113. The SMILES string of the molecule is COCOc1cc2c(c(CSc3ccccc3)c1C(=O)OC)OCO2. The highest BCUT2D eigenvalue weighted by Gasteiger charge is 2.29. The molecule has 0 amide bonds. The highest BCUT2D eigenvalue weighted by atomic mass is 32.2. The molecule has 7 heteroatoms. The molecule has 1 aliphatic heterocycles. The van der Waals surface area contributed by atoms with Crippen LogP contribution in [0.3, 0.4) is 0 Å². The third kappa shape index (κ3) is 3.83. The maximum atomic E-state index is 12.4. The van der Waals surface area contributed by atoms with E-state index in [4.69, 9.17) is 23.7 Å². The van der Waals surface area contributed by atoms with Crippen LogP contribution in [0.25, 0.3) is 0 Å². The average Bonchev–Trinajstić information content (AvgIpc) is 3.12. The lowest BCUT2D eigenvalue weighted by atomic mass is 10.1. The number of carbonyl (C=O) groups is 1. The molecule has 0 saturated heterocycles. The van der Waals surface area contributed by atoms with Crippen LogP contribution in [0.5, 0.6) is 17.2 Å². The molecule has 0 saturated carbocycles. The fourth-order valence-corrected chi connectivity index (χ4v) is 3.39. The average molecular weight is 362 g/mol. The second-order valence-electron chi connectivity index (χ2n) is 5.11. The molecule has 0 fully saturated rings. The second kappa shape index (κ2) is 8.13. The molecule has 0 unspecified atom stereocenters. The summed E-state index contributed by atoms with van der Waals surface area (Å²) in [6, 6.07) is 11.5. The van der Waals surface area contributed by atoms with Crippen molar-refractivity contribution >= 4 is 17.7 Å². The highest BCUT2D eigenvalue weighted by molar-refractivity contribution is 7.98. The number of esters is 1. The van der Waals surface area contributed by atoms with Gasteiger partial charge in [-0.2, -0.15) is 0 Å². The number of benzene rings is 2. The molecule has 6 nitrogen and oxygen atoms in total. The number of hydrogen-bond donors (Lipinski definition) is 0. The minimum atomic E-state index is -0.493. The number of rotatable bonds is 7. The van der Waals surface area contributed by atoms with Gasteiger partial charge >= 0.3 is 5.97 Å². The summed E-state index contributed by atoms with van der Waals surface area (Å²) in [5.41, 5.74) is 1.01. The number of thioether (sulfide) groups is 1. The van der Waals surface area contributed by atoms with Gasteiger partial charge in [-0.15, -0.1) is 11.8 Å². The van der Waals surface area contributed by atoms with Gasteiger partial charge in [-0.05, 0) is 12.1 Å². The molecule has 25 heavy (non-hydrogen) atoms. The van der Waals surface area contributed by atoms with Crippen LogP contribution in [0, 0.1) is 0 Å². The van der Waals surface area contributed by atoms with Crippen molar-refractivity contribution in [2.24, 2.45) is 0 Å². The van der Waals surface area contributed by atoms with Crippen LogP contribution in [0.4, 0.5) is 0 Å². The van der Waals surface area contributed by atoms with Gasteiger partial charge in [-0.3, -0.25) is 0 Å². The predicted molar refractivity (Wildman–Crippen MR) is 92.4 cm³/mol. The van der Waals surface area contributed by atoms with Crippen molar-refractivity contribution in [3.05, 3.63) is 47.5 Å². The quantitative estimate of drug-likeness (QED) is 0.424. The maximum Gasteiger partial charge on any atom is 0.342 e. The Morgan fingerprint density at radius 1 is 1.20 bits per heavy atom. The Labute approximate surface area is 150 Å². The Balaban J connectivity index is 2.00. The van der Waals surface area contributed by atoms with E-state index in [0.717, 1.165) is 4.90 Å². The van der Waals surface area contributed by atoms with Crippen LogP contribution in [0.15, 0.2) is 41.3 Å². The molecule has 3 rings (SSSR count). The molecule has 132 valence electrons. The zero-order valence-electron chi connectivity index (χ0n) is 13.9. The van der Waals surface area contributed by atoms with E-state index in [1.54, 1.807) is 17.8 Å². The van der Waals surface area contributed by atoms with Crippen molar-refractivity contribution in [2.45, 2.75) is 10.6 Å². The minimum Gasteiger partial charge on any atom is -0.466 e. The van der Waals surface area contributed by atoms with E-state index in [-0.39, 0.29) is 13.6 Å². The van der Waals surface area contributed by atoms with Crippen LogP contribution < -0.4 is 14.2 Å². The number of carbonyl (C=O) groups excluding carboxylic acids is 1. The summed E-state index contributed by atoms with van der Waals surface area (Å²) in [5.74, 6) is 1.45. The number of ether oxygens (including phenoxy) is 5. The van der Waals surface area contributed by atoms with Crippen LogP contribution in [0.2, 0.25) is 0 Å². The highest BCUT2D eigenvalue weighted by Crippen LogP contribution is 2.45. The molecule has 1 heterocycles. The van der Waals surface area contributed by atoms with Crippen molar-refractivity contribution < 1.29 is 28.5 Å². The largest absolute Gasteiger partial charge is 0.466 e. The van der Waals surface area contributed by atoms with Crippen LogP contribution in [-0.4, -0.2) is 33.8 Å². The summed E-state index contributed by atoms with van der Waals surface area (Å²) in [6.07, 6.45) is 0. The Bertz CT molecular complexity index is 747. The van der Waals surface area contributed by atoms with Gasteiger partial charge in [0.25, 0.3) is 0 Å². The fraction of sp³-hybridized carbons (Fsp3) is 0.278. The van der Waals surface area contributed by atoms with Crippen LogP contribution in [0.1, 0.15) is 15.9 Å². The lowest BCUT2D eigenvalue weighted by Crippen LogP contribution is -2.11. The Hall–Kier alpha value is -2.38. The summed E-state index contributed by atoms with van der Waals surface area (Å²) in [7, 11) is 2.85. The normalized spacial score (nSPS) is 12.1. The van der Waals surface area contributed by atoms with E-state index in [1.165, 1.54) is 14.2 Å². The topological polar surface area (TPSA) is 63.2 Å². The van der Waals surface area contributed by atoms with Crippen molar-refractivity contribution in [3.63, 3.8) is 0 Å². The smallest absolute Gasteiger partial charge is 0.342 e. The van der Waals surface area contributed by atoms with Crippen LogP contribution >= 0.6 is 11.8 Å². The molecule has 0 atom stereocenters. The maximum absolute atomic E-state index is 12.4. The minimum absolute atomic E-state index is 0.00884. The molecule has 2 aromatic rings. The van der Waals surface area contributed by atoms with Gasteiger partial charge in [0.05, 0.1) is 7.11 Å². The van der Waals surface area contributed by atoms with E-state index in [0.29, 0.717) is 34.1 Å². The lowest BCUT2D eigenvalue weighted by Gasteiger charge is -2.16. The van der Waals surface area contributed by atoms with Gasteiger partial charge in [-0.1, -0.05) is 18.2 Å². The molecule has 0 spiro atoms. The molecule has 0 radical (unpaired) electrons. The van der Waals surface area contributed by atoms with E-state index < -0.39 is 5.97 Å². The number of hydrogen-bond acceptors (Lipinski definition) is 7. The fourth-order valence-electron chi connectivity index (χ4n) is 2.46. The van der Waals surface area contributed by atoms with Crippen molar-refractivity contribution in [1.29, 1.82) is 0 Å². The zero-order valence-corrected chi connectivity index (χ0v) is 14.8. The molecule has 0 aliphatic carbocycles. The summed E-state index contributed by atoms with van der Waals surface area (Å²) in [4.78, 5) is 13.5. The van der Waals surface area contributed by atoms with Gasteiger partial charge in [0.2, 0.25) is 6.79 Å². The van der Waals surface area contributed by atoms with Gasteiger partial charge in [-0.25, -0.2) is 4.79 Å². The van der Waals surface area contributed by atoms with E-state index in [1.807, 2.05) is 30.3 Å². The van der Waals surface area contributed by atoms with Gasteiger partial charge < -0.3 is 23.7 Å². The molecule has 0 bridgehead atoms. The van der Waals surface area contributed by atoms with Crippen LogP contribution in [-0.2, 0) is 15.2 Å². The van der Waals surface area contributed by atoms with Gasteiger partial charge in [0.1, 0.15) is 11.3 Å². The predicted octanol–water partition coefficient (Wildman–Crippen LogP) is 3.48. The van der Waals surface area contributed by atoms with Gasteiger partial charge in [0, 0.05) is 29.4 Å².